The molecule has 12 heteroatoms. The molecule has 1 aromatic carbocycles. The minimum absolute atomic E-state index is 0.125. The number of carbonyl (C=O) groups is 2. The molecule has 198 valence electrons. The molecule has 2 amide bonds. The zero-order chi connectivity index (χ0) is 27.2. The van der Waals surface area contributed by atoms with E-state index < -0.39 is 36.6 Å². The van der Waals surface area contributed by atoms with Crippen LogP contribution in [0.2, 0.25) is 0 Å². The van der Waals surface area contributed by atoms with Crippen molar-refractivity contribution in [2.24, 2.45) is 0 Å². The molecule has 1 fully saturated rings. The molecule has 1 aliphatic rings. The first-order valence-electron chi connectivity index (χ1n) is 12.0. The predicted octanol–water partition coefficient (Wildman–Crippen LogP) is 5.26. The van der Waals surface area contributed by atoms with Crippen molar-refractivity contribution in [3.63, 3.8) is 0 Å². The number of aromatic nitrogens is 4. The Morgan fingerprint density at radius 2 is 2.00 bits per heavy atom. The van der Waals surface area contributed by atoms with E-state index in [2.05, 4.69) is 20.4 Å². The fourth-order valence-electron chi connectivity index (χ4n) is 4.22. The molecule has 0 radical (unpaired) electrons. The Morgan fingerprint density at radius 3 is 2.76 bits per heavy atom. The lowest BCUT2D eigenvalue weighted by Crippen LogP contribution is -2.38. The van der Waals surface area contributed by atoms with Crippen LogP contribution in [0.25, 0.3) is 17.0 Å². The third-order valence-electron chi connectivity index (χ3n) is 6.02. The van der Waals surface area contributed by atoms with Gasteiger partial charge in [-0.25, -0.2) is 18.6 Å². The lowest BCUT2D eigenvalue weighted by atomic mass is 10.1. The zero-order valence-electron chi connectivity index (χ0n) is 21.2. The van der Waals surface area contributed by atoms with Gasteiger partial charge in [-0.05, 0) is 51.5 Å². The van der Waals surface area contributed by atoms with E-state index in [4.69, 9.17) is 9.26 Å². The number of carbonyl (C=O) groups excluding carboxylic acids is 2. The number of ether oxygens (including phenoxy) is 1. The van der Waals surface area contributed by atoms with Gasteiger partial charge in [-0.2, -0.15) is 4.98 Å². The van der Waals surface area contributed by atoms with E-state index in [0.29, 0.717) is 22.6 Å². The van der Waals surface area contributed by atoms with Crippen molar-refractivity contribution in [3.05, 3.63) is 65.9 Å². The highest BCUT2D eigenvalue weighted by Crippen LogP contribution is 2.41. The van der Waals surface area contributed by atoms with Gasteiger partial charge in [0, 0.05) is 23.9 Å². The average Bonchev–Trinajstić information content (AvgIpc) is 3.56. The maximum atomic E-state index is 14.3. The Hall–Kier alpha value is -4.35. The second-order valence-electron chi connectivity index (χ2n) is 10.2. The molecule has 1 atom stereocenters. The monoisotopic (exact) mass is 524 g/mol. The van der Waals surface area contributed by atoms with E-state index in [9.17, 15) is 18.4 Å². The summed E-state index contributed by atoms with van der Waals surface area (Å²) in [5.41, 5.74) is 1.93. The summed E-state index contributed by atoms with van der Waals surface area (Å²) in [4.78, 5) is 35.1. The minimum Gasteiger partial charge on any atom is -0.444 e. The van der Waals surface area contributed by atoms with Crippen LogP contribution in [0.3, 0.4) is 0 Å². The van der Waals surface area contributed by atoms with Crippen LogP contribution in [0.15, 0.2) is 53.3 Å². The standard InChI is InChI=1S/C26H26F2N6O4/c1-15-8-9-16(11-17(15)30-22(35)19-13-29-20-7-5-6-10-33(19)20)21-31-23(38-32-21)18-12-26(27,28)14-34(18)24(36)37-25(2,3)4/h5-11,13,18H,12,14H2,1-4H3,(H,30,35)/t18-/m0/s1. The van der Waals surface area contributed by atoms with Crippen LogP contribution in [0.5, 0.6) is 0 Å². The number of hydrogen-bond acceptors (Lipinski definition) is 7. The minimum atomic E-state index is -3.13. The van der Waals surface area contributed by atoms with E-state index in [0.717, 1.165) is 10.5 Å². The van der Waals surface area contributed by atoms with Crippen molar-refractivity contribution in [3.8, 4) is 11.4 Å². The molecule has 0 spiro atoms. The summed E-state index contributed by atoms with van der Waals surface area (Å²) < 4.78 is 40.9. The zero-order valence-corrected chi connectivity index (χ0v) is 21.2. The molecular weight excluding hydrogens is 498 g/mol. The highest BCUT2D eigenvalue weighted by Gasteiger charge is 2.51. The first-order valence-corrected chi connectivity index (χ1v) is 12.0. The topological polar surface area (TPSA) is 115 Å². The van der Waals surface area contributed by atoms with Crippen molar-refractivity contribution in [1.29, 1.82) is 0 Å². The normalized spacial score (nSPS) is 17.1. The van der Waals surface area contributed by atoms with Crippen LogP contribution in [0, 0.1) is 6.92 Å². The molecule has 10 nitrogen and oxygen atoms in total. The third kappa shape index (κ3) is 5.06. The van der Waals surface area contributed by atoms with Gasteiger partial charge in [-0.1, -0.05) is 23.4 Å². The number of amides is 2. The summed E-state index contributed by atoms with van der Waals surface area (Å²) >= 11 is 0. The molecular formula is C26H26F2N6O4. The molecule has 0 bridgehead atoms. The summed E-state index contributed by atoms with van der Waals surface area (Å²) in [6.07, 6.45) is 1.69. The number of alkyl halides is 2. The van der Waals surface area contributed by atoms with Crippen LogP contribution in [0.4, 0.5) is 19.3 Å². The molecule has 3 aromatic heterocycles. The van der Waals surface area contributed by atoms with Crippen LogP contribution >= 0.6 is 0 Å². The van der Waals surface area contributed by atoms with E-state index >= 15 is 0 Å². The van der Waals surface area contributed by atoms with E-state index in [1.165, 1.54) is 6.20 Å². The average molecular weight is 525 g/mol. The molecule has 5 rings (SSSR count). The summed E-state index contributed by atoms with van der Waals surface area (Å²) in [5, 5.41) is 6.83. The van der Waals surface area contributed by atoms with Crippen molar-refractivity contribution in [2.45, 2.75) is 51.7 Å². The maximum absolute atomic E-state index is 14.3. The summed E-state index contributed by atoms with van der Waals surface area (Å²) in [6, 6.07) is 9.45. The fourth-order valence-corrected chi connectivity index (χ4v) is 4.22. The van der Waals surface area contributed by atoms with Crippen molar-refractivity contribution in [2.75, 3.05) is 11.9 Å². The van der Waals surface area contributed by atoms with Gasteiger partial charge in [0.25, 0.3) is 11.8 Å². The SMILES string of the molecule is Cc1ccc(-c2noc([C@@H]3CC(F)(F)CN3C(=O)OC(C)(C)C)n2)cc1NC(=O)c1cnc2ccccn12. The fraction of sp³-hybridized carbons (Fsp3) is 0.346. The smallest absolute Gasteiger partial charge is 0.411 e. The van der Waals surface area contributed by atoms with Gasteiger partial charge in [0.05, 0.1) is 12.7 Å². The Bertz CT molecular complexity index is 1520. The van der Waals surface area contributed by atoms with E-state index in [-0.39, 0.29) is 17.6 Å². The number of imidazole rings is 1. The van der Waals surface area contributed by atoms with Crippen LogP contribution in [0.1, 0.15) is 55.2 Å². The van der Waals surface area contributed by atoms with Gasteiger partial charge in [0.1, 0.15) is 23.0 Å². The van der Waals surface area contributed by atoms with E-state index in [1.54, 1.807) is 61.7 Å². The predicted molar refractivity (Wildman–Crippen MR) is 133 cm³/mol. The van der Waals surface area contributed by atoms with Gasteiger partial charge in [0.2, 0.25) is 11.7 Å². The molecule has 1 saturated heterocycles. The molecule has 1 N–H and O–H groups in total. The number of benzene rings is 1. The van der Waals surface area contributed by atoms with Crippen molar-refractivity contribution < 1.29 is 27.6 Å². The molecule has 1 aliphatic heterocycles. The number of nitrogens with zero attached hydrogens (tertiary/aromatic N) is 5. The second-order valence-corrected chi connectivity index (χ2v) is 10.2. The number of fused-ring (bicyclic) bond motifs is 1. The quantitative estimate of drug-likeness (QED) is 0.387. The van der Waals surface area contributed by atoms with Crippen molar-refractivity contribution >= 4 is 23.3 Å². The Labute approximate surface area is 216 Å². The number of anilines is 1. The molecule has 0 unspecified atom stereocenters. The Balaban J connectivity index is 1.39. The van der Waals surface area contributed by atoms with Gasteiger partial charge >= 0.3 is 6.09 Å². The number of likely N-dealkylation sites (tertiary alicyclic amines) is 1. The lowest BCUT2D eigenvalue weighted by Gasteiger charge is -2.26. The first-order chi connectivity index (χ1) is 17.9. The Kier molecular flexibility index (Phi) is 6.12. The molecule has 4 aromatic rings. The third-order valence-corrected chi connectivity index (χ3v) is 6.02. The molecule has 0 aliphatic carbocycles. The number of nitrogens with one attached hydrogen (secondary N) is 1. The Morgan fingerprint density at radius 1 is 1.21 bits per heavy atom. The highest BCUT2D eigenvalue weighted by atomic mass is 19.3. The largest absolute Gasteiger partial charge is 0.444 e. The van der Waals surface area contributed by atoms with Crippen LogP contribution < -0.4 is 5.32 Å². The molecule has 38 heavy (non-hydrogen) atoms. The van der Waals surface area contributed by atoms with Gasteiger partial charge in [-0.3, -0.25) is 14.1 Å². The van der Waals surface area contributed by atoms with Crippen LogP contribution in [-0.4, -0.2) is 54.5 Å². The molecule has 4 heterocycles. The number of rotatable bonds is 4. The molecule has 0 saturated carbocycles. The van der Waals surface area contributed by atoms with Crippen molar-refractivity contribution in [1.82, 2.24) is 24.4 Å². The van der Waals surface area contributed by atoms with Gasteiger partial charge in [-0.15, -0.1) is 0 Å². The number of aryl methyl sites for hydroxylation is 1. The number of halogens is 2. The summed E-state index contributed by atoms with van der Waals surface area (Å²) in [7, 11) is 0. The number of hydrogen-bond donors (Lipinski definition) is 1. The first kappa shape index (κ1) is 25.3. The van der Waals surface area contributed by atoms with E-state index in [1.807, 2.05) is 13.0 Å². The lowest BCUT2D eigenvalue weighted by molar-refractivity contribution is -0.00264. The van der Waals surface area contributed by atoms with Crippen LogP contribution in [-0.2, 0) is 4.74 Å². The second kappa shape index (κ2) is 9.19. The summed E-state index contributed by atoms with van der Waals surface area (Å²) in [5.74, 6) is -3.49. The summed E-state index contributed by atoms with van der Waals surface area (Å²) in [6.45, 7) is 5.98. The highest BCUT2D eigenvalue weighted by molar-refractivity contribution is 6.04. The maximum Gasteiger partial charge on any atom is 0.411 e. The van der Waals surface area contributed by atoms with Gasteiger partial charge < -0.3 is 14.6 Å². The van der Waals surface area contributed by atoms with Gasteiger partial charge in [0.15, 0.2) is 0 Å². The number of pyridine rings is 1.